The summed E-state index contributed by atoms with van der Waals surface area (Å²) >= 11 is 0. The number of furan rings is 1. The highest BCUT2D eigenvalue weighted by molar-refractivity contribution is 5.71. The van der Waals surface area contributed by atoms with Gasteiger partial charge in [-0.25, -0.2) is 0 Å². The molecule has 0 radical (unpaired) electrons. The molecule has 18 heavy (non-hydrogen) atoms. The van der Waals surface area contributed by atoms with Gasteiger partial charge in [0.25, 0.3) is 0 Å². The first-order valence-electron chi connectivity index (χ1n) is 5.38. The van der Waals surface area contributed by atoms with Crippen LogP contribution < -0.4 is 0 Å². The van der Waals surface area contributed by atoms with Crippen molar-refractivity contribution in [3.8, 4) is 0 Å². The Bertz CT molecular complexity index is 375. The van der Waals surface area contributed by atoms with Gasteiger partial charge in [-0.3, -0.25) is 9.69 Å². The van der Waals surface area contributed by atoms with Crippen molar-refractivity contribution >= 4 is 5.97 Å². The lowest BCUT2D eigenvalue weighted by Gasteiger charge is -2.24. The largest absolute Gasteiger partial charge is 0.481 e. The molecule has 1 aromatic rings. The van der Waals surface area contributed by atoms with Gasteiger partial charge in [-0.1, -0.05) is 6.92 Å². The van der Waals surface area contributed by atoms with E-state index in [1.807, 2.05) is 0 Å². The van der Waals surface area contributed by atoms with Gasteiger partial charge in [0.1, 0.15) is 5.76 Å². The first-order valence-corrected chi connectivity index (χ1v) is 5.38. The van der Waals surface area contributed by atoms with E-state index >= 15 is 0 Å². The van der Waals surface area contributed by atoms with E-state index in [1.54, 1.807) is 19.1 Å². The summed E-state index contributed by atoms with van der Waals surface area (Å²) in [6, 6.07) is 3.26. The zero-order chi connectivity index (χ0) is 13.8. The van der Waals surface area contributed by atoms with E-state index in [0.29, 0.717) is 12.3 Å². The van der Waals surface area contributed by atoms with Crippen molar-refractivity contribution in [1.29, 1.82) is 0 Å². The molecular weight excluding hydrogens is 251 g/mol. The van der Waals surface area contributed by atoms with Gasteiger partial charge in [0.2, 0.25) is 0 Å². The van der Waals surface area contributed by atoms with Crippen molar-refractivity contribution in [3.63, 3.8) is 0 Å². The number of halogens is 3. The van der Waals surface area contributed by atoms with E-state index < -0.39 is 24.6 Å². The van der Waals surface area contributed by atoms with Crippen molar-refractivity contribution in [2.24, 2.45) is 5.92 Å². The first-order chi connectivity index (χ1) is 8.34. The molecule has 0 bridgehead atoms. The molecule has 0 spiro atoms. The standard InChI is InChI=1S/C11H14F3NO3/c1-2-15(6-8-4-3-5-18-8)7-9(10(16)17)11(12,13)14/h3-5,9H,2,6-7H2,1H3,(H,16,17). The summed E-state index contributed by atoms with van der Waals surface area (Å²) in [5, 5.41) is 8.61. The summed E-state index contributed by atoms with van der Waals surface area (Å²) in [5.41, 5.74) is 0. The van der Waals surface area contributed by atoms with E-state index in [2.05, 4.69) is 0 Å². The minimum absolute atomic E-state index is 0.156. The summed E-state index contributed by atoms with van der Waals surface area (Å²) in [5.74, 6) is -3.74. The molecule has 0 amide bonds. The molecule has 102 valence electrons. The van der Waals surface area contributed by atoms with Gasteiger partial charge in [-0.15, -0.1) is 0 Å². The number of hydrogen-bond acceptors (Lipinski definition) is 3. The number of aliphatic carboxylic acids is 1. The number of carboxylic acids is 1. The van der Waals surface area contributed by atoms with Crippen LogP contribution in [0.1, 0.15) is 12.7 Å². The molecule has 0 saturated heterocycles. The Labute approximate surface area is 102 Å². The highest BCUT2D eigenvalue weighted by Gasteiger charge is 2.45. The SMILES string of the molecule is CCN(Cc1ccco1)CC(C(=O)O)C(F)(F)F. The summed E-state index contributed by atoms with van der Waals surface area (Å²) in [6.45, 7) is 1.54. The normalized spacial score (nSPS) is 13.8. The Morgan fingerprint density at radius 3 is 2.61 bits per heavy atom. The Morgan fingerprint density at radius 1 is 1.56 bits per heavy atom. The fraction of sp³-hybridized carbons (Fsp3) is 0.545. The minimum atomic E-state index is -4.75. The fourth-order valence-electron chi connectivity index (χ4n) is 1.51. The maximum atomic E-state index is 12.5. The zero-order valence-electron chi connectivity index (χ0n) is 9.78. The monoisotopic (exact) mass is 265 g/mol. The predicted molar refractivity (Wildman–Crippen MR) is 56.8 cm³/mol. The lowest BCUT2D eigenvalue weighted by molar-refractivity contribution is -0.196. The molecule has 0 saturated carbocycles. The smallest absolute Gasteiger partial charge is 0.403 e. The van der Waals surface area contributed by atoms with Gasteiger partial charge >= 0.3 is 12.1 Å². The molecule has 0 aliphatic carbocycles. The van der Waals surface area contributed by atoms with E-state index in [1.165, 1.54) is 11.2 Å². The van der Waals surface area contributed by atoms with Crippen LogP contribution >= 0.6 is 0 Å². The molecule has 0 aromatic carbocycles. The van der Waals surface area contributed by atoms with E-state index in [-0.39, 0.29) is 6.54 Å². The van der Waals surface area contributed by atoms with Crippen LogP contribution in [0, 0.1) is 5.92 Å². The van der Waals surface area contributed by atoms with Crippen LogP contribution in [-0.4, -0.2) is 35.2 Å². The minimum Gasteiger partial charge on any atom is -0.481 e. The summed E-state index contributed by atoms with van der Waals surface area (Å²) in [4.78, 5) is 12.0. The Hall–Kier alpha value is -1.50. The van der Waals surface area contributed by atoms with Crippen molar-refractivity contribution in [1.82, 2.24) is 4.90 Å². The van der Waals surface area contributed by atoms with E-state index in [0.717, 1.165) is 0 Å². The first kappa shape index (κ1) is 14.6. The van der Waals surface area contributed by atoms with Crippen LogP contribution in [0.4, 0.5) is 13.2 Å². The average molecular weight is 265 g/mol. The van der Waals surface area contributed by atoms with E-state index in [4.69, 9.17) is 9.52 Å². The molecule has 1 N–H and O–H groups in total. The van der Waals surface area contributed by atoms with Gasteiger partial charge in [0.05, 0.1) is 12.8 Å². The van der Waals surface area contributed by atoms with Crippen LogP contribution in [0.2, 0.25) is 0 Å². The van der Waals surface area contributed by atoms with Crippen LogP contribution in [0.3, 0.4) is 0 Å². The summed E-state index contributed by atoms with van der Waals surface area (Å²) < 4.78 is 42.6. The van der Waals surface area contributed by atoms with Crippen LogP contribution in [0.15, 0.2) is 22.8 Å². The average Bonchev–Trinajstić information content (AvgIpc) is 2.74. The molecule has 4 nitrogen and oxygen atoms in total. The third-order valence-electron chi connectivity index (χ3n) is 2.54. The van der Waals surface area contributed by atoms with Crippen molar-refractivity contribution in [3.05, 3.63) is 24.2 Å². The van der Waals surface area contributed by atoms with Crippen molar-refractivity contribution < 1.29 is 27.5 Å². The lowest BCUT2D eigenvalue weighted by Crippen LogP contribution is -2.41. The Balaban J connectivity index is 2.68. The number of alkyl halides is 3. The number of hydrogen-bond donors (Lipinski definition) is 1. The van der Waals surface area contributed by atoms with Crippen LogP contribution in [0.5, 0.6) is 0 Å². The predicted octanol–water partition coefficient (Wildman–Crippen LogP) is 2.36. The third-order valence-corrected chi connectivity index (χ3v) is 2.54. The highest BCUT2D eigenvalue weighted by atomic mass is 19.4. The quantitative estimate of drug-likeness (QED) is 0.858. The summed E-state index contributed by atoms with van der Waals surface area (Å²) in [6.07, 6.45) is -3.33. The topological polar surface area (TPSA) is 53.7 Å². The zero-order valence-corrected chi connectivity index (χ0v) is 9.78. The lowest BCUT2D eigenvalue weighted by atomic mass is 10.1. The van der Waals surface area contributed by atoms with Crippen LogP contribution in [0.25, 0.3) is 0 Å². The van der Waals surface area contributed by atoms with Gasteiger partial charge in [0.15, 0.2) is 5.92 Å². The fourth-order valence-corrected chi connectivity index (χ4v) is 1.51. The maximum Gasteiger partial charge on any atom is 0.403 e. The molecule has 1 rings (SSSR count). The number of nitrogens with zero attached hydrogens (tertiary/aromatic N) is 1. The van der Waals surface area contributed by atoms with Gasteiger partial charge < -0.3 is 9.52 Å². The second-order valence-electron chi connectivity index (χ2n) is 3.84. The number of carbonyl (C=O) groups is 1. The molecule has 1 atom stereocenters. The van der Waals surface area contributed by atoms with Gasteiger partial charge in [-0.2, -0.15) is 13.2 Å². The number of carboxylic acid groups (broad SMARTS) is 1. The van der Waals surface area contributed by atoms with Gasteiger partial charge in [-0.05, 0) is 18.7 Å². The maximum absolute atomic E-state index is 12.5. The molecule has 1 unspecified atom stereocenters. The van der Waals surface area contributed by atoms with Crippen molar-refractivity contribution in [2.75, 3.05) is 13.1 Å². The Morgan fingerprint density at radius 2 is 2.22 bits per heavy atom. The molecule has 7 heteroatoms. The molecule has 0 aliphatic rings. The molecule has 0 fully saturated rings. The number of rotatable bonds is 6. The molecule has 1 aromatic heterocycles. The molecule has 1 heterocycles. The van der Waals surface area contributed by atoms with E-state index in [9.17, 15) is 18.0 Å². The van der Waals surface area contributed by atoms with Crippen LogP contribution in [-0.2, 0) is 11.3 Å². The third kappa shape index (κ3) is 4.06. The second kappa shape index (κ2) is 5.90. The Kier molecular flexibility index (Phi) is 4.77. The second-order valence-corrected chi connectivity index (χ2v) is 3.84. The van der Waals surface area contributed by atoms with Gasteiger partial charge in [0, 0.05) is 6.54 Å². The highest BCUT2D eigenvalue weighted by Crippen LogP contribution is 2.27. The summed E-state index contributed by atoms with van der Waals surface area (Å²) in [7, 11) is 0. The molecule has 0 aliphatic heterocycles. The molecular formula is C11H14F3NO3. The van der Waals surface area contributed by atoms with Crippen molar-refractivity contribution in [2.45, 2.75) is 19.6 Å².